The van der Waals surface area contributed by atoms with Gasteiger partial charge in [-0.1, -0.05) is 11.8 Å². The molecule has 2 aliphatic rings. The van der Waals surface area contributed by atoms with Crippen molar-refractivity contribution in [3.63, 3.8) is 0 Å². The number of hydrogen-bond acceptors (Lipinski definition) is 5. The Kier molecular flexibility index (Phi) is 3.01. The smallest absolute Gasteiger partial charge is 0.164 e. The van der Waals surface area contributed by atoms with Gasteiger partial charge in [-0.25, -0.2) is 8.78 Å². The van der Waals surface area contributed by atoms with Crippen LogP contribution in [-0.4, -0.2) is 21.1 Å². The number of fused-ring (bicyclic) bond motifs is 1. The lowest BCUT2D eigenvalue weighted by Crippen LogP contribution is -2.40. The highest BCUT2D eigenvalue weighted by atomic mass is 32.2. The topological polar surface area (TPSA) is 84.6 Å². The van der Waals surface area contributed by atoms with Gasteiger partial charge in [0.25, 0.3) is 0 Å². The molecule has 0 aromatic heterocycles. The van der Waals surface area contributed by atoms with Crippen molar-refractivity contribution in [2.45, 2.75) is 36.7 Å². The van der Waals surface area contributed by atoms with E-state index in [0.717, 1.165) is 6.07 Å². The van der Waals surface area contributed by atoms with Crippen LogP contribution in [-0.2, 0) is 5.54 Å². The number of aliphatic hydroxyl groups excluding tert-OH is 1. The van der Waals surface area contributed by atoms with E-state index in [9.17, 15) is 13.9 Å². The van der Waals surface area contributed by atoms with Crippen LogP contribution >= 0.6 is 11.8 Å². The van der Waals surface area contributed by atoms with Crippen molar-refractivity contribution in [3.05, 3.63) is 29.3 Å². The average molecular weight is 313 g/mol. The van der Waals surface area contributed by atoms with Crippen molar-refractivity contribution in [2.24, 2.45) is 16.6 Å². The van der Waals surface area contributed by atoms with E-state index in [0.29, 0.717) is 6.42 Å². The SMILES string of the molecule is CC(O)[C@]12C[C@H]1[C@@](C)(c1cc(N)cc(F)c1F)N=C(N)S2. The van der Waals surface area contributed by atoms with Gasteiger partial charge in [-0.3, -0.25) is 4.99 Å². The van der Waals surface area contributed by atoms with Crippen molar-refractivity contribution in [3.8, 4) is 0 Å². The third kappa shape index (κ3) is 1.94. The highest BCUT2D eigenvalue weighted by molar-refractivity contribution is 8.15. The maximum absolute atomic E-state index is 14.2. The molecule has 1 heterocycles. The molecule has 0 spiro atoms. The highest BCUT2D eigenvalue weighted by Crippen LogP contribution is 2.67. The number of nitrogens with two attached hydrogens (primary N) is 2. The normalized spacial score (nSPS) is 35.9. The molecule has 0 bridgehead atoms. The third-order valence-electron chi connectivity index (χ3n) is 4.57. The van der Waals surface area contributed by atoms with Gasteiger partial charge in [-0.15, -0.1) is 0 Å². The van der Waals surface area contributed by atoms with E-state index < -0.39 is 28.0 Å². The van der Waals surface area contributed by atoms with Crippen LogP contribution in [0.5, 0.6) is 0 Å². The third-order valence-corrected chi connectivity index (χ3v) is 6.04. The second-order valence-corrected chi connectivity index (χ2v) is 7.33. The van der Waals surface area contributed by atoms with E-state index in [-0.39, 0.29) is 22.3 Å². The number of benzene rings is 1. The van der Waals surface area contributed by atoms with Crippen molar-refractivity contribution in [2.75, 3.05) is 5.73 Å². The second kappa shape index (κ2) is 4.33. The first-order valence-electron chi connectivity index (χ1n) is 6.68. The molecule has 3 rings (SSSR count). The molecule has 7 heteroatoms. The largest absolute Gasteiger partial charge is 0.399 e. The van der Waals surface area contributed by atoms with Crippen LogP contribution in [0.1, 0.15) is 25.8 Å². The van der Waals surface area contributed by atoms with Crippen LogP contribution in [0, 0.1) is 17.6 Å². The predicted octanol–water partition coefficient (Wildman–Crippen LogP) is 1.96. The van der Waals surface area contributed by atoms with Crippen LogP contribution in [0.15, 0.2) is 17.1 Å². The Bertz CT molecular complexity index is 651. The number of aliphatic imine (C=N–C) groups is 1. The predicted molar refractivity (Wildman–Crippen MR) is 79.9 cm³/mol. The summed E-state index contributed by atoms with van der Waals surface area (Å²) in [6, 6.07) is 2.35. The van der Waals surface area contributed by atoms with Crippen LogP contribution in [0.4, 0.5) is 14.5 Å². The molecule has 0 radical (unpaired) electrons. The van der Waals surface area contributed by atoms with Gasteiger partial charge >= 0.3 is 0 Å². The number of nitrogen functional groups attached to an aromatic ring is 1. The molecule has 1 aromatic carbocycles. The first kappa shape index (κ1) is 14.6. The summed E-state index contributed by atoms with van der Waals surface area (Å²) in [5, 5.41) is 10.3. The van der Waals surface area contributed by atoms with E-state index in [2.05, 4.69) is 4.99 Å². The molecule has 0 saturated heterocycles. The fourth-order valence-corrected chi connectivity index (χ4v) is 4.76. The number of hydrogen-bond donors (Lipinski definition) is 3. The number of amidine groups is 1. The summed E-state index contributed by atoms with van der Waals surface area (Å²) in [5.74, 6) is -2.07. The van der Waals surface area contributed by atoms with E-state index in [4.69, 9.17) is 11.5 Å². The van der Waals surface area contributed by atoms with Gasteiger partial charge in [0.15, 0.2) is 16.8 Å². The number of rotatable bonds is 2. The highest BCUT2D eigenvalue weighted by Gasteiger charge is 2.68. The lowest BCUT2D eigenvalue weighted by molar-refractivity contribution is 0.169. The fraction of sp³-hybridized carbons (Fsp3) is 0.500. The lowest BCUT2D eigenvalue weighted by atomic mass is 9.84. The molecule has 1 unspecified atom stereocenters. The monoisotopic (exact) mass is 313 g/mol. The van der Waals surface area contributed by atoms with E-state index in [1.807, 2.05) is 0 Å². The molecule has 1 saturated carbocycles. The summed E-state index contributed by atoms with van der Waals surface area (Å²) in [4.78, 5) is 4.36. The number of halogens is 2. The van der Waals surface area contributed by atoms with Crippen LogP contribution in [0.3, 0.4) is 0 Å². The van der Waals surface area contributed by atoms with E-state index >= 15 is 0 Å². The van der Waals surface area contributed by atoms with Crippen molar-refractivity contribution in [1.29, 1.82) is 0 Å². The number of anilines is 1. The molecule has 4 atom stereocenters. The maximum Gasteiger partial charge on any atom is 0.164 e. The molecule has 4 nitrogen and oxygen atoms in total. The summed E-state index contributed by atoms with van der Waals surface area (Å²) in [7, 11) is 0. The van der Waals surface area contributed by atoms with Crippen molar-refractivity contribution >= 4 is 22.6 Å². The van der Waals surface area contributed by atoms with E-state index in [1.165, 1.54) is 17.8 Å². The Morgan fingerprint density at radius 2 is 2.10 bits per heavy atom. The van der Waals surface area contributed by atoms with Gasteiger partial charge in [0.05, 0.1) is 16.4 Å². The van der Waals surface area contributed by atoms with Crippen LogP contribution in [0.25, 0.3) is 0 Å². The van der Waals surface area contributed by atoms with Crippen molar-refractivity contribution < 1.29 is 13.9 Å². The fourth-order valence-electron chi connectivity index (χ4n) is 3.34. The minimum absolute atomic E-state index is 0.0933. The maximum atomic E-state index is 14.2. The molecular weight excluding hydrogens is 296 g/mol. The summed E-state index contributed by atoms with van der Waals surface area (Å²) < 4.78 is 27.4. The molecule has 1 fully saturated rings. The van der Waals surface area contributed by atoms with Gasteiger partial charge in [0.1, 0.15) is 0 Å². The van der Waals surface area contributed by atoms with Crippen molar-refractivity contribution in [1.82, 2.24) is 0 Å². The van der Waals surface area contributed by atoms with E-state index in [1.54, 1.807) is 13.8 Å². The van der Waals surface area contributed by atoms with Gasteiger partial charge < -0.3 is 16.6 Å². The summed E-state index contributed by atoms with van der Waals surface area (Å²) in [5.41, 5.74) is 10.7. The minimum atomic E-state index is -1.02. The molecule has 1 aromatic rings. The van der Waals surface area contributed by atoms with Gasteiger partial charge in [-0.05, 0) is 32.4 Å². The Hall–Kier alpha value is -1.34. The zero-order chi connectivity index (χ0) is 15.6. The zero-order valence-electron chi connectivity index (χ0n) is 11.7. The Balaban J connectivity index is 2.16. The van der Waals surface area contributed by atoms with Crippen LogP contribution in [0.2, 0.25) is 0 Å². The summed E-state index contributed by atoms with van der Waals surface area (Å²) in [6.07, 6.45) is 0.0288. The zero-order valence-corrected chi connectivity index (χ0v) is 12.5. The summed E-state index contributed by atoms with van der Waals surface area (Å²) >= 11 is 1.31. The molecule has 5 N–H and O–H groups in total. The molecule has 114 valence electrons. The Labute approximate surface area is 125 Å². The van der Waals surface area contributed by atoms with Crippen LogP contribution < -0.4 is 11.5 Å². The minimum Gasteiger partial charge on any atom is -0.399 e. The lowest BCUT2D eigenvalue weighted by Gasteiger charge is -2.35. The molecule has 1 aliphatic heterocycles. The Morgan fingerprint density at radius 3 is 2.71 bits per heavy atom. The van der Waals surface area contributed by atoms with Gasteiger partial charge in [-0.2, -0.15) is 0 Å². The quantitative estimate of drug-likeness (QED) is 0.729. The number of thioether (sulfide) groups is 1. The first-order chi connectivity index (χ1) is 9.70. The first-order valence-corrected chi connectivity index (χ1v) is 7.50. The second-order valence-electron chi connectivity index (χ2n) is 5.95. The molecule has 21 heavy (non-hydrogen) atoms. The molecule has 0 amide bonds. The van der Waals surface area contributed by atoms with Gasteiger partial charge in [0.2, 0.25) is 0 Å². The average Bonchev–Trinajstić information content (AvgIpc) is 3.10. The Morgan fingerprint density at radius 1 is 1.43 bits per heavy atom. The number of nitrogens with zero attached hydrogens (tertiary/aromatic N) is 1. The summed E-state index contributed by atoms with van der Waals surface area (Å²) in [6.45, 7) is 3.40. The number of aliphatic hydroxyl groups is 1. The van der Waals surface area contributed by atoms with Gasteiger partial charge in [0, 0.05) is 17.2 Å². The molecule has 1 aliphatic carbocycles. The standard InChI is InChI=1S/C14H17F2N3OS/c1-6(20)14-5-10(14)13(2,19-12(18)21-14)8-3-7(17)4-9(15)11(8)16/h3-4,6,10,20H,5,17H2,1-2H3,(H2,18,19)/t6?,10-,13+,14+/m0/s1. The molecular formula is C14H17F2N3OS.